The Kier molecular flexibility index (Phi) is 3.77. The molecule has 1 amide bonds. The van der Waals surface area contributed by atoms with E-state index in [9.17, 15) is 9.59 Å². The fraction of sp³-hybridized carbons (Fsp3) is 0.444. The molecular formula is C18H22N2O2. The molecular weight excluding hydrogens is 276 g/mol. The van der Waals surface area contributed by atoms with Gasteiger partial charge in [-0.25, -0.2) is 0 Å². The molecule has 1 aromatic carbocycles. The Morgan fingerprint density at radius 3 is 2.64 bits per heavy atom. The van der Waals surface area contributed by atoms with Crippen LogP contribution >= 0.6 is 0 Å². The molecule has 116 valence electrons. The predicted molar refractivity (Wildman–Crippen MR) is 87.0 cm³/mol. The highest BCUT2D eigenvalue weighted by Crippen LogP contribution is 2.26. The first-order chi connectivity index (χ1) is 10.5. The standard InChI is InChI=1S/C18H22N2O2/c1-12-8-6-7-11-20(12)18(22)17(21)16-13(2)19(3)15-10-5-4-9-14(15)16/h4-5,9-10,12H,6-8,11H2,1-3H3/t12-/m1/s1. The maximum absolute atomic E-state index is 12.8. The second-order valence-corrected chi connectivity index (χ2v) is 6.21. The number of hydrogen-bond acceptors (Lipinski definition) is 2. The fourth-order valence-corrected chi connectivity index (χ4v) is 3.44. The highest BCUT2D eigenvalue weighted by molar-refractivity contribution is 6.45. The zero-order valence-corrected chi connectivity index (χ0v) is 13.4. The largest absolute Gasteiger partial charge is 0.347 e. The van der Waals surface area contributed by atoms with E-state index in [1.807, 2.05) is 49.7 Å². The summed E-state index contributed by atoms with van der Waals surface area (Å²) in [6.07, 6.45) is 3.10. The molecule has 0 aliphatic carbocycles. The Bertz CT molecular complexity index is 745. The van der Waals surface area contributed by atoms with E-state index in [2.05, 4.69) is 0 Å². The third-order valence-corrected chi connectivity index (χ3v) is 4.88. The van der Waals surface area contributed by atoms with Crippen LogP contribution in [0.3, 0.4) is 0 Å². The van der Waals surface area contributed by atoms with E-state index >= 15 is 0 Å². The lowest BCUT2D eigenvalue weighted by atomic mass is 10.0. The number of aryl methyl sites for hydroxylation is 1. The van der Waals surface area contributed by atoms with Gasteiger partial charge in [0.1, 0.15) is 0 Å². The highest BCUT2D eigenvalue weighted by atomic mass is 16.2. The number of piperidine rings is 1. The summed E-state index contributed by atoms with van der Waals surface area (Å²) in [5.74, 6) is -0.727. The number of amides is 1. The molecule has 22 heavy (non-hydrogen) atoms. The summed E-state index contributed by atoms with van der Waals surface area (Å²) in [6.45, 7) is 4.62. The smallest absolute Gasteiger partial charge is 0.295 e. The first kappa shape index (κ1) is 14.8. The Labute approximate surface area is 130 Å². The summed E-state index contributed by atoms with van der Waals surface area (Å²) in [5, 5.41) is 0.866. The van der Waals surface area contributed by atoms with Gasteiger partial charge >= 0.3 is 0 Å². The van der Waals surface area contributed by atoms with Crippen molar-refractivity contribution in [3.8, 4) is 0 Å². The molecule has 4 nitrogen and oxygen atoms in total. The molecule has 3 rings (SSSR count). The van der Waals surface area contributed by atoms with Crippen molar-refractivity contribution in [1.82, 2.24) is 9.47 Å². The van der Waals surface area contributed by atoms with Gasteiger partial charge in [0.25, 0.3) is 11.7 Å². The average Bonchev–Trinajstić information content (AvgIpc) is 2.78. The lowest BCUT2D eigenvalue weighted by molar-refractivity contribution is -0.129. The van der Waals surface area contributed by atoms with E-state index in [-0.39, 0.29) is 17.7 Å². The zero-order valence-electron chi connectivity index (χ0n) is 13.4. The van der Waals surface area contributed by atoms with Crippen molar-refractivity contribution >= 4 is 22.6 Å². The topological polar surface area (TPSA) is 42.3 Å². The number of carbonyl (C=O) groups is 2. The van der Waals surface area contributed by atoms with Crippen molar-refractivity contribution in [2.24, 2.45) is 7.05 Å². The van der Waals surface area contributed by atoms with Crippen molar-refractivity contribution in [1.29, 1.82) is 0 Å². The predicted octanol–water partition coefficient (Wildman–Crippen LogP) is 3.07. The van der Waals surface area contributed by atoms with E-state index in [0.717, 1.165) is 35.9 Å². The first-order valence-corrected chi connectivity index (χ1v) is 7.91. The van der Waals surface area contributed by atoms with Crippen LogP contribution in [0.5, 0.6) is 0 Å². The summed E-state index contributed by atoms with van der Waals surface area (Å²) >= 11 is 0. The fourth-order valence-electron chi connectivity index (χ4n) is 3.44. The van der Waals surface area contributed by atoms with Gasteiger partial charge in [0, 0.05) is 36.2 Å². The molecule has 4 heteroatoms. The van der Waals surface area contributed by atoms with Crippen molar-refractivity contribution in [3.63, 3.8) is 0 Å². The minimum absolute atomic E-state index is 0.153. The van der Waals surface area contributed by atoms with Crippen molar-refractivity contribution in [3.05, 3.63) is 35.5 Å². The normalized spacial score (nSPS) is 18.7. The minimum Gasteiger partial charge on any atom is -0.347 e. The molecule has 0 unspecified atom stereocenters. The van der Waals surface area contributed by atoms with E-state index in [1.165, 1.54) is 0 Å². The van der Waals surface area contributed by atoms with Crippen LogP contribution in [0.15, 0.2) is 24.3 Å². The Morgan fingerprint density at radius 1 is 1.18 bits per heavy atom. The number of para-hydroxylation sites is 1. The SMILES string of the molecule is Cc1c(C(=O)C(=O)N2CCCC[C@H]2C)c2ccccc2n1C. The molecule has 1 saturated heterocycles. The molecule has 1 fully saturated rings. The quantitative estimate of drug-likeness (QED) is 0.631. The first-order valence-electron chi connectivity index (χ1n) is 7.91. The van der Waals surface area contributed by atoms with E-state index in [1.54, 1.807) is 4.90 Å². The van der Waals surface area contributed by atoms with Crippen molar-refractivity contribution in [2.45, 2.75) is 39.2 Å². The third-order valence-electron chi connectivity index (χ3n) is 4.88. The van der Waals surface area contributed by atoms with E-state index < -0.39 is 0 Å². The zero-order chi connectivity index (χ0) is 15.9. The summed E-state index contributed by atoms with van der Waals surface area (Å²) in [4.78, 5) is 27.3. The Morgan fingerprint density at radius 2 is 1.91 bits per heavy atom. The molecule has 2 aromatic rings. The van der Waals surface area contributed by atoms with Crippen LogP contribution in [-0.2, 0) is 11.8 Å². The number of nitrogens with zero attached hydrogens (tertiary/aromatic N) is 2. The number of hydrogen-bond donors (Lipinski definition) is 0. The molecule has 0 bridgehead atoms. The molecule has 1 aliphatic rings. The van der Waals surface area contributed by atoms with Crippen LogP contribution < -0.4 is 0 Å². The van der Waals surface area contributed by atoms with Gasteiger partial charge in [-0.15, -0.1) is 0 Å². The second kappa shape index (κ2) is 5.59. The summed E-state index contributed by atoms with van der Waals surface area (Å²) in [5.41, 5.74) is 2.40. The molecule has 0 spiro atoms. The second-order valence-electron chi connectivity index (χ2n) is 6.21. The van der Waals surface area contributed by atoms with E-state index in [4.69, 9.17) is 0 Å². The van der Waals surface area contributed by atoms with Crippen LogP contribution in [0.4, 0.5) is 0 Å². The molecule has 1 aromatic heterocycles. The van der Waals surface area contributed by atoms with Gasteiger partial charge in [0.2, 0.25) is 0 Å². The molecule has 0 N–H and O–H groups in total. The molecule has 2 heterocycles. The lowest BCUT2D eigenvalue weighted by Gasteiger charge is -2.32. The minimum atomic E-state index is -0.372. The number of benzene rings is 1. The number of aromatic nitrogens is 1. The van der Waals surface area contributed by atoms with Gasteiger partial charge in [0.05, 0.1) is 5.56 Å². The maximum atomic E-state index is 12.8. The van der Waals surface area contributed by atoms with Gasteiger partial charge in [-0.05, 0) is 39.2 Å². The van der Waals surface area contributed by atoms with Gasteiger partial charge in [-0.2, -0.15) is 0 Å². The van der Waals surface area contributed by atoms with E-state index in [0.29, 0.717) is 12.1 Å². The number of likely N-dealkylation sites (tertiary alicyclic amines) is 1. The third kappa shape index (κ3) is 2.23. The van der Waals surface area contributed by atoms with Gasteiger partial charge in [-0.3, -0.25) is 9.59 Å². The number of Topliss-reactive ketones (excluding diaryl/α,β-unsaturated/α-hetero) is 1. The van der Waals surface area contributed by atoms with Crippen LogP contribution in [0.1, 0.15) is 42.2 Å². The maximum Gasteiger partial charge on any atom is 0.295 e. The molecule has 0 saturated carbocycles. The number of fused-ring (bicyclic) bond motifs is 1. The van der Waals surface area contributed by atoms with Crippen LogP contribution in [0, 0.1) is 6.92 Å². The summed E-state index contributed by atoms with van der Waals surface area (Å²) in [7, 11) is 1.93. The van der Waals surface area contributed by atoms with Gasteiger partial charge in [-0.1, -0.05) is 18.2 Å². The molecule has 0 radical (unpaired) electrons. The molecule has 1 aliphatic heterocycles. The number of ketones is 1. The van der Waals surface area contributed by atoms with Gasteiger partial charge < -0.3 is 9.47 Å². The van der Waals surface area contributed by atoms with Crippen molar-refractivity contribution in [2.75, 3.05) is 6.54 Å². The highest BCUT2D eigenvalue weighted by Gasteiger charge is 2.31. The monoisotopic (exact) mass is 298 g/mol. The number of rotatable bonds is 2. The van der Waals surface area contributed by atoms with Crippen LogP contribution in [0.25, 0.3) is 10.9 Å². The Balaban J connectivity index is 2.02. The van der Waals surface area contributed by atoms with Crippen LogP contribution in [-0.4, -0.2) is 33.7 Å². The lowest BCUT2D eigenvalue weighted by Crippen LogP contribution is -2.45. The summed E-state index contributed by atoms with van der Waals surface area (Å²) < 4.78 is 1.98. The van der Waals surface area contributed by atoms with Gasteiger partial charge in [0.15, 0.2) is 0 Å². The average molecular weight is 298 g/mol. The number of carbonyl (C=O) groups excluding carboxylic acids is 2. The molecule has 1 atom stereocenters. The Hall–Kier alpha value is -2.10. The van der Waals surface area contributed by atoms with Crippen LogP contribution in [0.2, 0.25) is 0 Å². The van der Waals surface area contributed by atoms with Crippen molar-refractivity contribution < 1.29 is 9.59 Å². The summed E-state index contributed by atoms with van der Waals surface area (Å²) in [6, 6.07) is 7.91.